The zero-order valence-corrected chi connectivity index (χ0v) is 26.4. The van der Waals surface area contributed by atoms with E-state index in [-0.39, 0.29) is 11.8 Å². The first-order chi connectivity index (χ1) is 19.5. The Labute approximate surface area is 249 Å². The first-order valence-corrected chi connectivity index (χ1v) is 15.7. The topological polar surface area (TPSA) is 97.0 Å². The number of hydrogen-bond acceptors (Lipinski definition) is 6. The van der Waals surface area contributed by atoms with Crippen molar-refractivity contribution in [1.82, 2.24) is 10.2 Å². The average Bonchev–Trinajstić information content (AvgIpc) is 2.94. The second kappa shape index (κ2) is 16.9. The smallest absolute Gasteiger partial charge is 0.408 e. The Balaban J connectivity index is 2.52. The fourth-order valence-corrected chi connectivity index (χ4v) is 4.81. The molecule has 0 aliphatic carbocycles. The number of carbonyl (C=O) groups is 3. The van der Waals surface area contributed by atoms with E-state index in [0.717, 1.165) is 31.2 Å². The number of ether oxygens (including phenoxy) is 2. The van der Waals surface area contributed by atoms with Crippen molar-refractivity contribution < 1.29 is 23.9 Å². The van der Waals surface area contributed by atoms with Crippen LogP contribution in [0, 0.1) is 0 Å². The van der Waals surface area contributed by atoms with Crippen molar-refractivity contribution >= 4 is 35.4 Å². The van der Waals surface area contributed by atoms with E-state index in [1.54, 1.807) is 68.8 Å². The summed E-state index contributed by atoms with van der Waals surface area (Å²) in [6.07, 6.45) is 5.15. The highest BCUT2D eigenvalue weighted by Crippen LogP contribution is 2.27. The molecule has 2 N–H and O–H groups in total. The molecule has 0 heterocycles. The minimum absolute atomic E-state index is 0.310. The van der Waals surface area contributed by atoms with Gasteiger partial charge in [0, 0.05) is 12.2 Å². The Kier molecular flexibility index (Phi) is 14.0. The third-order valence-electron chi connectivity index (χ3n) is 6.51. The molecule has 9 heteroatoms. The highest BCUT2D eigenvalue weighted by Gasteiger charge is 2.36. The molecule has 2 aromatic carbocycles. The molecule has 8 nitrogen and oxygen atoms in total. The number of anilines is 1. The van der Waals surface area contributed by atoms with E-state index in [4.69, 9.17) is 9.47 Å². The molecule has 0 saturated carbocycles. The van der Waals surface area contributed by atoms with Crippen molar-refractivity contribution in [3.05, 3.63) is 59.7 Å². The highest BCUT2D eigenvalue weighted by atomic mass is 32.2. The normalized spacial score (nSPS) is 12.7. The Morgan fingerprint density at radius 3 is 2.17 bits per heavy atom. The number of alkyl carbamates (subject to hydrolysis) is 1. The zero-order chi connectivity index (χ0) is 30.4. The van der Waals surface area contributed by atoms with Crippen molar-refractivity contribution in [3.8, 4) is 5.75 Å². The highest BCUT2D eigenvalue weighted by molar-refractivity contribution is 7.98. The van der Waals surface area contributed by atoms with Gasteiger partial charge >= 0.3 is 6.09 Å². The molecule has 2 atom stereocenters. The SMILES string of the molecule is CCCCCN(C(=O)C(CCSC)NC(=O)OC(C)(C)C)C(C(=O)Nc1ccc(OC)cc1)c1ccc(CC)cc1. The minimum atomic E-state index is -0.899. The van der Waals surface area contributed by atoms with Crippen LogP contribution in [-0.4, -0.2) is 60.1 Å². The summed E-state index contributed by atoms with van der Waals surface area (Å²) in [5.41, 5.74) is 1.73. The van der Waals surface area contributed by atoms with Gasteiger partial charge in [0.15, 0.2) is 0 Å². The van der Waals surface area contributed by atoms with Crippen LogP contribution in [0.5, 0.6) is 5.75 Å². The third kappa shape index (κ3) is 11.3. The number of nitrogens with one attached hydrogen (secondary N) is 2. The van der Waals surface area contributed by atoms with E-state index in [2.05, 4.69) is 24.5 Å². The maximum Gasteiger partial charge on any atom is 0.408 e. The Morgan fingerprint density at radius 2 is 1.63 bits per heavy atom. The van der Waals surface area contributed by atoms with E-state index < -0.39 is 23.8 Å². The first-order valence-electron chi connectivity index (χ1n) is 14.4. The van der Waals surface area contributed by atoms with Crippen LogP contribution in [-0.2, 0) is 20.7 Å². The Morgan fingerprint density at radius 1 is 0.976 bits per heavy atom. The zero-order valence-electron chi connectivity index (χ0n) is 25.6. The number of thioether (sulfide) groups is 1. The lowest BCUT2D eigenvalue weighted by Crippen LogP contribution is -2.52. The standard InChI is InChI=1S/C32H47N3O5S/c1-8-10-11-21-35(30(37)27(20-22-41-7)34-31(38)40-32(3,4)5)28(24-14-12-23(9-2)13-15-24)29(36)33-25-16-18-26(39-6)19-17-25/h12-19,27-28H,8-11,20-22H2,1-7H3,(H,33,36)(H,34,38). The number of rotatable bonds is 15. The van der Waals surface area contributed by atoms with Crippen molar-refractivity contribution in [2.24, 2.45) is 0 Å². The second-order valence-corrected chi connectivity index (χ2v) is 11.9. The molecular weight excluding hydrogens is 538 g/mol. The van der Waals surface area contributed by atoms with Gasteiger partial charge in [-0.1, -0.05) is 51.0 Å². The van der Waals surface area contributed by atoms with E-state index in [1.807, 2.05) is 30.5 Å². The molecule has 0 bridgehead atoms. The van der Waals surface area contributed by atoms with Crippen molar-refractivity contribution in [1.29, 1.82) is 0 Å². The van der Waals surface area contributed by atoms with Gasteiger partial charge in [-0.15, -0.1) is 0 Å². The van der Waals surface area contributed by atoms with Crippen molar-refractivity contribution in [2.75, 3.05) is 31.0 Å². The van der Waals surface area contributed by atoms with Gasteiger partial charge in [-0.25, -0.2) is 4.79 Å². The summed E-state index contributed by atoms with van der Waals surface area (Å²) in [5.74, 6) is 0.694. The van der Waals surface area contributed by atoms with Gasteiger partial charge in [-0.05, 0) is 87.4 Å². The third-order valence-corrected chi connectivity index (χ3v) is 7.15. The number of amides is 3. The Hall–Kier alpha value is -3.20. The molecule has 0 radical (unpaired) electrons. The van der Waals surface area contributed by atoms with E-state index >= 15 is 0 Å². The molecule has 2 rings (SSSR count). The molecule has 0 saturated heterocycles. The first kappa shape index (κ1) is 34.0. The lowest BCUT2D eigenvalue weighted by atomic mass is 9.99. The van der Waals surface area contributed by atoms with Gasteiger partial charge in [-0.2, -0.15) is 11.8 Å². The fraction of sp³-hybridized carbons (Fsp3) is 0.531. The number of unbranched alkanes of at least 4 members (excludes halogenated alkanes) is 2. The summed E-state index contributed by atoms with van der Waals surface area (Å²) in [6, 6.07) is 13.1. The molecule has 0 aliphatic heterocycles. The van der Waals surface area contributed by atoms with Crippen LogP contribution in [0.15, 0.2) is 48.5 Å². The van der Waals surface area contributed by atoms with E-state index in [9.17, 15) is 14.4 Å². The van der Waals surface area contributed by atoms with Gasteiger partial charge in [0.25, 0.3) is 5.91 Å². The second-order valence-electron chi connectivity index (χ2n) is 10.9. The summed E-state index contributed by atoms with van der Waals surface area (Å²) in [7, 11) is 1.59. The average molecular weight is 586 g/mol. The maximum absolute atomic E-state index is 14.3. The van der Waals surface area contributed by atoms with Crippen LogP contribution >= 0.6 is 11.8 Å². The summed E-state index contributed by atoms with van der Waals surface area (Å²) >= 11 is 1.59. The van der Waals surface area contributed by atoms with Crippen molar-refractivity contribution in [3.63, 3.8) is 0 Å². The number of aryl methyl sites for hydroxylation is 1. The number of hydrogen-bond donors (Lipinski definition) is 2. The molecule has 41 heavy (non-hydrogen) atoms. The van der Waals surface area contributed by atoms with Crippen LogP contribution in [0.1, 0.15) is 77.5 Å². The molecule has 2 aromatic rings. The van der Waals surface area contributed by atoms with Crippen LogP contribution in [0.4, 0.5) is 10.5 Å². The monoisotopic (exact) mass is 585 g/mol. The van der Waals surface area contributed by atoms with E-state index in [0.29, 0.717) is 35.7 Å². The van der Waals surface area contributed by atoms with Gasteiger partial charge in [0.1, 0.15) is 23.4 Å². The molecular formula is C32H47N3O5S. The van der Waals surface area contributed by atoms with Crippen LogP contribution in [0.3, 0.4) is 0 Å². The molecule has 0 spiro atoms. The largest absolute Gasteiger partial charge is 0.497 e. The summed E-state index contributed by atoms with van der Waals surface area (Å²) in [5, 5.41) is 5.79. The molecule has 0 aromatic heterocycles. The van der Waals surface area contributed by atoms with E-state index in [1.165, 1.54) is 0 Å². The van der Waals surface area contributed by atoms with Crippen molar-refractivity contribution in [2.45, 2.75) is 84.4 Å². The fourth-order valence-electron chi connectivity index (χ4n) is 4.34. The molecule has 0 aliphatic rings. The molecule has 2 unspecified atom stereocenters. The predicted molar refractivity (Wildman–Crippen MR) is 168 cm³/mol. The Bertz CT molecular complexity index is 1100. The number of benzene rings is 2. The lowest BCUT2D eigenvalue weighted by Gasteiger charge is -2.34. The predicted octanol–water partition coefficient (Wildman–Crippen LogP) is 6.60. The maximum atomic E-state index is 14.3. The van der Waals surface area contributed by atoms with Gasteiger partial charge in [0.2, 0.25) is 5.91 Å². The summed E-state index contributed by atoms with van der Waals surface area (Å²) in [4.78, 5) is 42.6. The number of carbonyl (C=O) groups excluding carboxylic acids is 3. The van der Waals surface area contributed by atoms with Crippen LogP contribution < -0.4 is 15.4 Å². The number of nitrogens with zero attached hydrogens (tertiary/aromatic N) is 1. The van der Waals surface area contributed by atoms with Crippen LogP contribution in [0.25, 0.3) is 0 Å². The molecule has 0 fully saturated rings. The van der Waals surface area contributed by atoms with Gasteiger partial charge < -0.3 is 25.0 Å². The quantitative estimate of drug-likeness (QED) is 0.229. The van der Waals surface area contributed by atoms with Crippen LogP contribution in [0.2, 0.25) is 0 Å². The molecule has 3 amide bonds. The van der Waals surface area contributed by atoms with Gasteiger partial charge in [0.05, 0.1) is 7.11 Å². The van der Waals surface area contributed by atoms with Gasteiger partial charge in [-0.3, -0.25) is 9.59 Å². The molecule has 226 valence electrons. The summed E-state index contributed by atoms with van der Waals surface area (Å²) in [6.45, 7) is 9.87. The number of methoxy groups -OCH3 is 1. The lowest BCUT2D eigenvalue weighted by molar-refractivity contribution is -0.141. The minimum Gasteiger partial charge on any atom is -0.497 e. The summed E-state index contributed by atoms with van der Waals surface area (Å²) < 4.78 is 10.7.